The highest BCUT2D eigenvalue weighted by molar-refractivity contribution is 9.10. The van der Waals surface area contributed by atoms with Gasteiger partial charge in [0.1, 0.15) is 0 Å². The Hall–Kier alpha value is -3.72. The van der Waals surface area contributed by atoms with E-state index in [1.54, 1.807) is 21.6 Å². The lowest BCUT2D eigenvalue weighted by molar-refractivity contribution is -0.127. The molecule has 0 saturated carbocycles. The monoisotopic (exact) mass is 686 g/mol. The van der Waals surface area contributed by atoms with Gasteiger partial charge in [0.25, 0.3) is 11.5 Å². The molecule has 0 spiro atoms. The minimum absolute atomic E-state index is 0.114. The molecule has 9 heteroatoms. The van der Waals surface area contributed by atoms with Gasteiger partial charge in [-0.05, 0) is 75.2 Å². The molecule has 6 rings (SSSR count). The standard InChI is InChI=1S/C35H32BrClN4O2S/c1-5-39(6-2)34(43)31-21(3)38-35-41(32(31)24-13-17-26(37)18-14-24)33(42)30(44-35)19-28-22(4)40(29-10-8-7-9-27(28)29)20-23-11-15-25(36)16-12-23/h7-19,32H,5-6,20H2,1-4H3/b30-19+/t32-/m1/s1. The number of para-hydroxylation sites is 1. The number of rotatable bonds is 7. The second-order valence-electron chi connectivity index (χ2n) is 10.8. The zero-order valence-corrected chi connectivity index (χ0v) is 28.1. The van der Waals surface area contributed by atoms with Crippen LogP contribution >= 0.6 is 38.9 Å². The van der Waals surface area contributed by atoms with Crippen molar-refractivity contribution in [2.75, 3.05) is 13.1 Å². The Balaban J connectivity index is 1.54. The molecule has 1 atom stereocenters. The van der Waals surface area contributed by atoms with Gasteiger partial charge in [-0.2, -0.15) is 0 Å². The van der Waals surface area contributed by atoms with E-state index in [1.165, 1.54) is 16.9 Å². The lowest BCUT2D eigenvalue weighted by Crippen LogP contribution is -2.43. The quantitative estimate of drug-likeness (QED) is 0.188. The number of hydrogen-bond donors (Lipinski definition) is 0. The molecular formula is C35H32BrClN4O2S. The first-order valence-corrected chi connectivity index (χ1v) is 16.6. The van der Waals surface area contributed by atoms with Gasteiger partial charge in [-0.25, -0.2) is 4.99 Å². The average molecular weight is 688 g/mol. The van der Waals surface area contributed by atoms with Crippen LogP contribution < -0.4 is 14.9 Å². The molecule has 44 heavy (non-hydrogen) atoms. The third-order valence-electron chi connectivity index (χ3n) is 8.30. The Morgan fingerprint density at radius 1 is 1.02 bits per heavy atom. The van der Waals surface area contributed by atoms with E-state index in [0.29, 0.717) is 45.3 Å². The summed E-state index contributed by atoms with van der Waals surface area (Å²) >= 11 is 11.1. The molecule has 6 nitrogen and oxygen atoms in total. The van der Waals surface area contributed by atoms with Crippen molar-refractivity contribution in [2.24, 2.45) is 4.99 Å². The summed E-state index contributed by atoms with van der Waals surface area (Å²) in [6.45, 7) is 9.71. The van der Waals surface area contributed by atoms with Crippen molar-refractivity contribution in [3.8, 4) is 0 Å². The maximum Gasteiger partial charge on any atom is 0.271 e. The lowest BCUT2D eigenvalue weighted by Gasteiger charge is -2.29. The molecule has 0 aliphatic carbocycles. The van der Waals surface area contributed by atoms with Crippen molar-refractivity contribution in [3.05, 3.63) is 136 Å². The molecule has 5 aromatic rings. The molecule has 0 N–H and O–H groups in total. The van der Waals surface area contributed by atoms with Crippen molar-refractivity contribution in [3.63, 3.8) is 0 Å². The summed E-state index contributed by atoms with van der Waals surface area (Å²) in [5.74, 6) is -0.114. The van der Waals surface area contributed by atoms with Crippen molar-refractivity contribution in [2.45, 2.75) is 40.3 Å². The number of thiazole rings is 1. The molecule has 224 valence electrons. The molecule has 1 aliphatic rings. The molecule has 0 fully saturated rings. The molecule has 1 amide bonds. The summed E-state index contributed by atoms with van der Waals surface area (Å²) in [6.07, 6.45) is 1.99. The number of carbonyl (C=O) groups is 1. The Morgan fingerprint density at radius 2 is 1.70 bits per heavy atom. The van der Waals surface area contributed by atoms with Gasteiger partial charge in [0.2, 0.25) is 0 Å². The molecular weight excluding hydrogens is 656 g/mol. The SMILES string of the molecule is CCN(CC)C(=O)C1=C(C)N=c2s/c(=C/c3c(C)n(Cc4ccc(Br)cc4)c4ccccc34)c(=O)n2[C@@H]1c1ccc(Cl)cc1. The number of halogens is 2. The van der Waals surface area contributed by atoms with Crippen molar-refractivity contribution < 1.29 is 4.79 Å². The summed E-state index contributed by atoms with van der Waals surface area (Å²) in [6, 6.07) is 23.4. The van der Waals surface area contributed by atoms with Crippen LogP contribution in [0.5, 0.6) is 0 Å². The first kappa shape index (κ1) is 30.3. The van der Waals surface area contributed by atoms with E-state index in [9.17, 15) is 9.59 Å². The van der Waals surface area contributed by atoms with E-state index >= 15 is 0 Å². The number of aromatic nitrogens is 2. The topological polar surface area (TPSA) is 59.6 Å². The summed E-state index contributed by atoms with van der Waals surface area (Å²) in [7, 11) is 0. The number of fused-ring (bicyclic) bond motifs is 2. The van der Waals surface area contributed by atoms with Crippen LogP contribution in [-0.2, 0) is 11.3 Å². The number of hydrogen-bond acceptors (Lipinski definition) is 4. The summed E-state index contributed by atoms with van der Waals surface area (Å²) < 4.78 is 5.59. The highest BCUT2D eigenvalue weighted by atomic mass is 79.9. The van der Waals surface area contributed by atoms with Crippen LogP contribution in [0.3, 0.4) is 0 Å². The predicted molar refractivity (Wildman–Crippen MR) is 183 cm³/mol. The molecule has 3 aromatic carbocycles. The van der Waals surface area contributed by atoms with Gasteiger partial charge < -0.3 is 9.47 Å². The van der Waals surface area contributed by atoms with Crippen LogP contribution in [0.1, 0.15) is 49.2 Å². The number of carbonyl (C=O) groups excluding carboxylic acids is 1. The number of amides is 1. The lowest BCUT2D eigenvalue weighted by atomic mass is 9.94. The smallest absolute Gasteiger partial charge is 0.271 e. The van der Waals surface area contributed by atoms with Crippen molar-refractivity contribution in [1.82, 2.24) is 14.0 Å². The highest BCUT2D eigenvalue weighted by Gasteiger charge is 2.34. The van der Waals surface area contributed by atoms with Crippen LogP contribution in [0.15, 0.2) is 98.3 Å². The van der Waals surface area contributed by atoms with Gasteiger partial charge in [-0.3, -0.25) is 14.2 Å². The third kappa shape index (κ3) is 5.40. The summed E-state index contributed by atoms with van der Waals surface area (Å²) in [5, 5.41) is 1.67. The molecule has 0 bridgehead atoms. The Labute approximate surface area is 273 Å². The zero-order chi connectivity index (χ0) is 31.1. The van der Waals surface area contributed by atoms with Gasteiger partial charge in [0, 0.05) is 51.3 Å². The molecule has 0 radical (unpaired) electrons. The third-order valence-corrected chi connectivity index (χ3v) is 10.1. The minimum Gasteiger partial charge on any atom is -0.340 e. The van der Waals surface area contributed by atoms with Gasteiger partial charge >= 0.3 is 0 Å². The van der Waals surface area contributed by atoms with Crippen LogP contribution in [0.2, 0.25) is 5.02 Å². The summed E-state index contributed by atoms with van der Waals surface area (Å²) in [4.78, 5) is 35.4. The number of allylic oxidation sites excluding steroid dienone is 1. The van der Waals surface area contributed by atoms with Gasteiger partial charge in [-0.15, -0.1) is 0 Å². The van der Waals surface area contributed by atoms with E-state index in [1.807, 2.05) is 51.1 Å². The van der Waals surface area contributed by atoms with Gasteiger partial charge in [-0.1, -0.05) is 81.3 Å². The van der Waals surface area contributed by atoms with Gasteiger partial charge in [0.15, 0.2) is 4.80 Å². The van der Waals surface area contributed by atoms with Crippen molar-refractivity contribution >= 4 is 61.8 Å². The molecule has 0 saturated heterocycles. The first-order chi connectivity index (χ1) is 21.2. The maximum atomic E-state index is 14.3. The fourth-order valence-electron chi connectivity index (χ4n) is 5.98. The molecule has 0 unspecified atom stereocenters. The average Bonchev–Trinajstić information content (AvgIpc) is 3.47. The molecule has 2 aromatic heterocycles. The summed E-state index contributed by atoms with van der Waals surface area (Å²) in [5.41, 5.74) is 6.14. The fraction of sp³-hybridized carbons (Fsp3) is 0.229. The molecule has 1 aliphatic heterocycles. The number of nitrogens with zero attached hydrogens (tertiary/aromatic N) is 4. The van der Waals surface area contributed by atoms with Crippen LogP contribution in [0, 0.1) is 6.92 Å². The van der Waals surface area contributed by atoms with E-state index in [-0.39, 0.29) is 11.5 Å². The number of benzene rings is 3. The highest BCUT2D eigenvalue weighted by Crippen LogP contribution is 2.32. The molecule has 3 heterocycles. The largest absolute Gasteiger partial charge is 0.340 e. The van der Waals surface area contributed by atoms with E-state index in [0.717, 1.165) is 32.2 Å². The predicted octanol–water partition coefficient (Wildman–Crippen LogP) is 6.83. The maximum absolute atomic E-state index is 14.3. The Bertz CT molecular complexity index is 2100. The van der Waals surface area contributed by atoms with E-state index in [2.05, 4.69) is 63.8 Å². The normalized spacial score (nSPS) is 15.0. The minimum atomic E-state index is -0.612. The van der Waals surface area contributed by atoms with E-state index < -0.39 is 6.04 Å². The Morgan fingerprint density at radius 3 is 2.39 bits per heavy atom. The van der Waals surface area contributed by atoms with E-state index in [4.69, 9.17) is 16.6 Å². The second-order valence-corrected chi connectivity index (χ2v) is 13.2. The van der Waals surface area contributed by atoms with Crippen LogP contribution in [-0.4, -0.2) is 33.0 Å². The van der Waals surface area contributed by atoms with Crippen molar-refractivity contribution in [1.29, 1.82) is 0 Å². The Kier molecular flexibility index (Phi) is 8.51. The second kappa shape index (κ2) is 12.3. The van der Waals surface area contributed by atoms with Gasteiger partial charge in [0.05, 0.1) is 21.8 Å². The zero-order valence-electron chi connectivity index (χ0n) is 25.0. The van der Waals surface area contributed by atoms with Crippen LogP contribution in [0.4, 0.5) is 0 Å². The first-order valence-electron chi connectivity index (χ1n) is 14.6. The fourth-order valence-corrected chi connectivity index (χ4v) is 7.40. The van der Waals surface area contributed by atoms with Crippen LogP contribution in [0.25, 0.3) is 17.0 Å². The number of likely N-dealkylation sites (N-methyl/N-ethyl adjacent to an activating group) is 1.